The maximum atomic E-state index is 15.8. The number of amides is 2. The molecular weight excluding hydrogens is 469 g/mol. The number of rotatable bonds is 3. The average Bonchev–Trinajstić information content (AvgIpc) is 2.79. The molecule has 0 radical (unpaired) electrons. The molecule has 36 heavy (non-hydrogen) atoms. The third-order valence-corrected chi connectivity index (χ3v) is 5.61. The lowest BCUT2D eigenvalue weighted by atomic mass is 9.88. The number of pyridine rings is 2. The molecule has 3 aromatic rings. The first kappa shape index (κ1) is 24.7. The monoisotopic (exact) mass is 493 g/mol. The van der Waals surface area contributed by atoms with Crippen LogP contribution in [-0.4, -0.2) is 39.5 Å². The minimum atomic E-state index is -1.46. The molecule has 0 spiro atoms. The van der Waals surface area contributed by atoms with Gasteiger partial charge in [-0.25, -0.2) is 23.9 Å². The van der Waals surface area contributed by atoms with Crippen molar-refractivity contribution in [2.24, 2.45) is 0 Å². The topological polar surface area (TPSA) is 146 Å². The van der Waals surface area contributed by atoms with Crippen molar-refractivity contribution in [1.29, 1.82) is 5.26 Å². The predicted octanol–water partition coefficient (Wildman–Crippen LogP) is 5.57. The first-order chi connectivity index (χ1) is 17.0. The van der Waals surface area contributed by atoms with E-state index < -0.39 is 29.5 Å². The van der Waals surface area contributed by atoms with E-state index in [9.17, 15) is 20.0 Å². The van der Waals surface area contributed by atoms with E-state index in [1.54, 1.807) is 27.7 Å². The number of hydrogen-bond acceptors (Lipinski definition) is 7. The Kier molecular flexibility index (Phi) is 6.37. The van der Waals surface area contributed by atoms with E-state index >= 15 is 4.39 Å². The van der Waals surface area contributed by atoms with Gasteiger partial charge in [0.15, 0.2) is 5.82 Å². The standard InChI is InChI=1S/C25H24FN5O5/c1-12-16(10-29-22-19(12)13(9-27)5-6-35-22)15-7-14-8-18(30-24(34)36-25(2,3)4)28-11-17(14)21(20(15)26)31-23(32)33/h7-8,10-11,13,31H,5-6H2,1-4H3,(H,32,33)(H,28,30,34). The van der Waals surface area contributed by atoms with Crippen molar-refractivity contribution in [3.63, 3.8) is 0 Å². The normalized spacial score (nSPS) is 14.8. The van der Waals surface area contributed by atoms with Gasteiger partial charge in [-0.15, -0.1) is 0 Å². The fourth-order valence-electron chi connectivity index (χ4n) is 4.11. The van der Waals surface area contributed by atoms with Crippen LogP contribution in [0.5, 0.6) is 5.88 Å². The predicted molar refractivity (Wildman–Crippen MR) is 130 cm³/mol. The number of nitrogens with one attached hydrogen (secondary N) is 2. The third kappa shape index (κ3) is 4.84. The largest absolute Gasteiger partial charge is 0.477 e. The van der Waals surface area contributed by atoms with Gasteiger partial charge in [0.05, 0.1) is 24.3 Å². The molecule has 186 valence electrons. The van der Waals surface area contributed by atoms with Crippen LogP contribution in [0.1, 0.15) is 44.2 Å². The lowest BCUT2D eigenvalue weighted by Gasteiger charge is -2.24. The number of hydrogen-bond donors (Lipinski definition) is 3. The Hall–Kier alpha value is -4.46. The second-order valence-corrected chi connectivity index (χ2v) is 9.30. The fraction of sp³-hybridized carbons (Fsp3) is 0.320. The Labute approximate surface area is 206 Å². The lowest BCUT2D eigenvalue weighted by molar-refractivity contribution is 0.0635. The number of halogens is 1. The number of carboxylic acid groups (broad SMARTS) is 1. The molecule has 1 atom stereocenters. The minimum Gasteiger partial charge on any atom is -0.477 e. The van der Waals surface area contributed by atoms with Gasteiger partial charge in [0.25, 0.3) is 0 Å². The molecule has 2 aromatic heterocycles. The van der Waals surface area contributed by atoms with Gasteiger partial charge < -0.3 is 14.6 Å². The summed E-state index contributed by atoms with van der Waals surface area (Å²) in [5, 5.41) is 24.2. The van der Waals surface area contributed by atoms with Gasteiger partial charge in [-0.2, -0.15) is 5.26 Å². The van der Waals surface area contributed by atoms with Gasteiger partial charge in [0.1, 0.15) is 11.4 Å². The average molecular weight is 493 g/mol. The summed E-state index contributed by atoms with van der Waals surface area (Å²) in [6.07, 6.45) is 0.994. The van der Waals surface area contributed by atoms with E-state index in [0.717, 1.165) is 0 Å². The number of carbonyl (C=O) groups is 2. The Morgan fingerprint density at radius 1 is 1.22 bits per heavy atom. The van der Waals surface area contributed by atoms with Crippen LogP contribution in [0.15, 0.2) is 24.5 Å². The quantitative estimate of drug-likeness (QED) is 0.429. The Morgan fingerprint density at radius 2 is 1.97 bits per heavy atom. The molecule has 3 heterocycles. The minimum absolute atomic E-state index is 0.0655. The number of anilines is 2. The number of fused-ring (bicyclic) bond motifs is 2. The second kappa shape index (κ2) is 9.30. The molecule has 3 N–H and O–H groups in total. The molecule has 0 aliphatic carbocycles. The highest BCUT2D eigenvalue weighted by Gasteiger charge is 2.28. The molecule has 1 unspecified atom stereocenters. The highest BCUT2D eigenvalue weighted by atomic mass is 19.1. The maximum Gasteiger partial charge on any atom is 0.413 e. The molecule has 0 saturated carbocycles. The van der Waals surface area contributed by atoms with E-state index in [0.29, 0.717) is 41.0 Å². The van der Waals surface area contributed by atoms with E-state index in [-0.39, 0.29) is 22.5 Å². The van der Waals surface area contributed by atoms with Crippen molar-refractivity contribution in [1.82, 2.24) is 9.97 Å². The zero-order valence-corrected chi connectivity index (χ0v) is 20.1. The summed E-state index contributed by atoms with van der Waals surface area (Å²) in [6.45, 7) is 7.25. The van der Waals surface area contributed by atoms with Crippen molar-refractivity contribution in [2.75, 3.05) is 17.2 Å². The van der Waals surface area contributed by atoms with E-state index in [2.05, 4.69) is 26.7 Å². The van der Waals surface area contributed by atoms with Gasteiger partial charge >= 0.3 is 12.2 Å². The highest BCUT2D eigenvalue weighted by molar-refractivity contribution is 6.04. The maximum absolute atomic E-state index is 15.8. The molecule has 0 fully saturated rings. The highest BCUT2D eigenvalue weighted by Crippen LogP contribution is 2.42. The first-order valence-corrected chi connectivity index (χ1v) is 11.1. The number of ether oxygens (including phenoxy) is 2. The molecule has 0 bridgehead atoms. The molecular formula is C25H24FN5O5. The van der Waals surface area contributed by atoms with Gasteiger partial charge in [0.2, 0.25) is 5.88 Å². The van der Waals surface area contributed by atoms with Crippen LogP contribution in [-0.2, 0) is 4.74 Å². The molecule has 1 aliphatic rings. The van der Waals surface area contributed by atoms with Crippen molar-refractivity contribution in [3.8, 4) is 23.1 Å². The van der Waals surface area contributed by atoms with Crippen LogP contribution in [0, 0.1) is 24.1 Å². The summed E-state index contributed by atoms with van der Waals surface area (Å²) in [7, 11) is 0. The number of aromatic nitrogens is 2. The lowest BCUT2D eigenvalue weighted by Crippen LogP contribution is -2.27. The summed E-state index contributed by atoms with van der Waals surface area (Å²) in [6, 6.07) is 5.24. The zero-order chi connectivity index (χ0) is 26.2. The number of nitriles is 1. The summed E-state index contributed by atoms with van der Waals surface area (Å²) >= 11 is 0. The van der Waals surface area contributed by atoms with Gasteiger partial charge in [-0.05, 0) is 50.8 Å². The Balaban J connectivity index is 1.88. The van der Waals surface area contributed by atoms with Crippen LogP contribution in [0.3, 0.4) is 0 Å². The third-order valence-electron chi connectivity index (χ3n) is 5.61. The Bertz CT molecular complexity index is 1430. The molecule has 11 heteroatoms. The van der Waals surface area contributed by atoms with Crippen LogP contribution in [0.4, 0.5) is 25.5 Å². The second-order valence-electron chi connectivity index (χ2n) is 9.30. The van der Waals surface area contributed by atoms with Gasteiger partial charge in [-0.1, -0.05) is 0 Å². The molecule has 4 rings (SSSR count). The number of benzene rings is 1. The molecule has 2 amide bonds. The number of nitrogens with zero attached hydrogens (tertiary/aromatic N) is 3. The fourth-order valence-corrected chi connectivity index (χ4v) is 4.11. The van der Waals surface area contributed by atoms with Gasteiger partial charge in [0, 0.05) is 40.9 Å². The van der Waals surface area contributed by atoms with Crippen LogP contribution < -0.4 is 15.4 Å². The molecule has 10 nitrogen and oxygen atoms in total. The van der Waals surface area contributed by atoms with Crippen LogP contribution in [0.25, 0.3) is 21.9 Å². The van der Waals surface area contributed by atoms with E-state index in [1.165, 1.54) is 24.5 Å². The first-order valence-electron chi connectivity index (χ1n) is 11.1. The number of carbonyl (C=O) groups excluding carboxylic acids is 1. The Morgan fingerprint density at radius 3 is 2.64 bits per heavy atom. The summed E-state index contributed by atoms with van der Waals surface area (Å²) in [5.74, 6) is -0.828. The summed E-state index contributed by atoms with van der Waals surface area (Å²) in [4.78, 5) is 32.1. The SMILES string of the molecule is Cc1c(-c2cc3cc(NC(=O)OC(C)(C)C)ncc3c(NC(=O)O)c2F)cnc2c1C(C#N)CCO2. The van der Waals surface area contributed by atoms with Gasteiger partial charge in [-0.3, -0.25) is 10.6 Å². The van der Waals surface area contributed by atoms with Crippen molar-refractivity contribution < 1.29 is 28.6 Å². The smallest absolute Gasteiger partial charge is 0.413 e. The van der Waals surface area contributed by atoms with Crippen molar-refractivity contribution >= 4 is 34.5 Å². The summed E-state index contributed by atoms with van der Waals surface area (Å²) in [5.41, 5.74) is 0.609. The van der Waals surface area contributed by atoms with Crippen molar-refractivity contribution in [3.05, 3.63) is 41.5 Å². The molecule has 0 saturated heterocycles. The van der Waals surface area contributed by atoms with Crippen LogP contribution >= 0.6 is 0 Å². The van der Waals surface area contributed by atoms with Crippen molar-refractivity contribution in [2.45, 2.75) is 45.6 Å². The van der Waals surface area contributed by atoms with E-state index in [1.807, 2.05) is 0 Å². The van der Waals surface area contributed by atoms with Crippen LogP contribution in [0.2, 0.25) is 0 Å². The molecule has 1 aromatic carbocycles. The zero-order valence-electron chi connectivity index (χ0n) is 20.1. The molecule has 1 aliphatic heterocycles. The van der Waals surface area contributed by atoms with E-state index in [4.69, 9.17) is 9.47 Å². The summed E-state index contributed by atoms with van der Waals surface area (Å²) < 4.78 is 26.6.